The van der Waals surface area contributed by atoms with E-state index in [1.165, 1.54) is 0 Å². The lowest BCUT2D eigenvalue weighted by molar-refractivity contribution is 0.386. The molecule has 6 heteroatoms. The molecule has 0 spiro atoms. The van der Waals surface area contributed by atoms with Gasteiger partial charge in [-0.25, -0.2) is 0 Å². The minimum atomic E-state index is -1.82. The Kier molecular flexibility index (Phi) is 5.05. The van der Waals surface area contributed by atoms with Gasteiger partial charge in [-0.2, -0.15) is 0 Å². The molecule has 0 fully saturated rings. The lowest BCUT2D eigenvalue weighted by atomic mass is 11.3. The van der Waals surface area contributed by atoms with Crippen LogP contribution in [0.15, 0.2) is 0 Å². The molecule has 0 saturated heterocycles. The van der Waals surface area contributed by atoms with Gasteiger partial charge in [0.05, 0.1) is 0 Å². The third-order valence-electron chi connectivity index (χ3n) is 1.22. The minimum Gasteiger partial charge on any atom is -0.437 e. The molecule has 80 valence electrons. The van der Waals surface area contributed by atoms with E-state index in [-0.39, 0.29) is 0 Å². The molecule has 0 aromatic rings. The number of rotatable bonds is 5. The third-order valence-corrected chi connectivity index (χ3v) is 9.45. The second-order valence-electron chi connectivity index (χ2n) is 4.97. The van der Waals surface area contributed by atoms with Gasteiger partial charge in [-0.05, 0) is 46.8 Å². The molecule has 0 radical (unpaired) electrons. The zero-order valence-electron chi connectivity index (χ0n) is 9.97. The Bertz CT molecular complexity index is 156. The van der Waals surface area contributed by atoms with E-state index in [9.17, 15) is 0 Å². The average Bonchev–Trinajstić information content (AvgIpc) is 1.78. The standard InChI is InChI=1S/C7H23NO2Si3/c1-8(2)11-9-13(6,7)10-12(3,4)5/h11H2,1-7H3. The fourth-order valence-electron chi connectivity index (χ4n) is 1.05. The molecule has 0 aromatic carbocycles. The normalized spacial score (nSPS) is 14.8. The zero-order chi connectivity index (χ0) is 10.7. The smallest absolute Gasteiger partial charge is 0.311 e. The Balaban J connectivity index is 3.94. The first-order valence-corrected chi connectivity index (χ1v) is 12.0. The summed E-state index contributed by atoms with van der Waals surface area (Å²) in [5.74, 6) is 0. The van der Waals surface area contributed by atoms with Crippen molar-refractivity contribution in [3.63, 3.8) is 0 Å². The van der Waals surface area contributed by atoms with Crippen molar-refractivity contribution in [2.45, 2.75) is 32.7 Å². The summed E-state index contributed by atoms with van der Waals surface area (Å²) in [4.78, 5) is 0. The van der Waals surface area contributed by atoms with Crippen molar-refractivity contribution in [3.8, 4) is 0 Å². The summed E-state index contributed by atoms with van der Waals surface area (Å²) >= 11 is 0. The Hall–Kier alpha value is 0.531. The quantitative estimate of drug-likeness (QED) is 0.669. The summed E-state index contributed by atoms with van der Waals surface area (Å²) in [6, 6.07) is 0. The highest BCUT2D eigenvalue weighted by Crippen LogP contribution is 2.14. The first kappa shape index (κ1) is 13.5. The van der Waals surface area contributed by atoms with Crippen molar-refractivity contribution in [3.05, 3.63) is 0 Å². The van der Waals surface area contributed by atoms with Crippen molar-refractivity contribution in [2.24, 2.45) is 0 Å². The van der Waals surface area contributed by atoms with E-state index in [0.717, 1.165) is 0 Å². The van der Waals surface area contributed by atoms with Crippen molar-refractivity contribution < 1.29 is 8.23 Å². The first-order valence-electron chi connectivity index (χ1n) is 4.61. The first-order chi connectivity index (χ1) is 5.62. The molecule has 0 amide bonds. The highest BCUT2D eigenvalue weighted by Gasteiger charge is 2.31. The Labute approximate surface area is 86.8 Å². The van der Waals surface area contributed by atoms with Gasteiger partial charge in [0.15, 0.2) is 8.32 Å². The fraction of sp³-hybridized carbons (Fsp3) is 1.00. The second-order valence-corrected chi connectivity index (χ2v) is 15.5. The lowest BCUT2D eigenvalue weighted by Crippen LogP contribution is -2.47. The fourth-order valence-corrected chi connectivity index (χ4v) is 9.99. The van der Waals surface area contributed by atoms with Gasteiger partial charge in [-0.15, -0.1) is 0 Å². The molecule has 3 nitrogen and oxygen atoms in total. The topological polar surface area (TPSA) is 21.7 Å². The van der Waals surface area contributed by atoms with E-state index < -0.39 is 26.8 Å². The van der Waals surface area contributed by atoms with E-state index in [2.05, 4.69) is 51.4 Å². The monoisotopic (exact) mass is 237 g/mol. The highest BCUT2D eigenvalue weighted by molar-refractivity contribution is 6.82. The molecule has 0 aliphatic rings. The van der Waals surface area contributed by atoms with Crippen LogP contribution in [0.5, 0.6) is 0 Å². The molecule has 0 aliphatic carbocycles. The summed E-state index contributed by atoms with van der Waals surface area (Å²) in [5.41, 5.74) is 0. The van der Waals surface area contributed by atoms with Crippen molar-refractivity contribution >= 4 is 26.8 Å². The predicted octanol–water partition coefficient (Wildman–Crippen LogP) is 1.12. The van der Waals surface area contributed by atoms with Crippen LogP contribution in [-0.2, 0) is 8.23 Å². The molecule has 0 saturated carbocycles. The van der Waals surface area contributed by atoms with E-state index in [0.29, 0.717) is 0 Å². The van der Waals surface area contributed by atoms with Gasteiger partial charge in [-0.1, -0.05) is 0 Å². The second kappa shape index (κ2) is 4.85. The molecule has 0 atom stereocenters. The molecule has 0 aliphatic heterocycles. The van der Waals surface area contributed by atoms with Crippen LogP contribution in [0.2, 0.25) is 32.7 Å². The Morgan fingerprint density at radius 3 is 1.77 bits per heavy atom. The van der Waals surface area contributed by atoms with Gasteiger partial charge >= 0.3 is 8.56 Å². The van der Waals surface area contributed by atoms with Crippen LogP contribution in [-0.4, -0.2) is 45.5 Å². The maximum Gasteiger partial charge on any atom is 0.311 e. The summed E-state index contributed by atoms with van der Waals surface area (Å²) < 4.78 is 14.1. The zero-order valence-corrected chi connectivity index (χ0v) is 13.4. The average molecular weight is 238 g/mol. The van der Waals surface area contributed by atoms with Crippen LogP contribution in [0.3, 0.4) is 0 Å². The van der Waals surface area contributed by atoms with Gasteiger partial charge < -0.3 is 12.8 Å². The molecular formula is C7H23NO2Si3. The number of nitrogens with zero attached hydrogens (tertiary/aromatic N) is 1. The van der Waals surface area contributed by atoms with Gasteiger partial charge in [0.1, 0.15) is 0 Å². The van der Waals surface area contributed by atoms with E-state index in [4.69, 9.17) is 8.23 Å². The van der Waals surface area contributed by atoms with Crippen molar-refractivity contribution in [1.29, 1.82) is 0 Å². The van der Waals surface area contributed by atoms with Crippen LogP contribution in [0, 0.1) is 0 Å². The largest absolute Gasteiger partial charge is 0.437 e. The van der Waals surface area contributed by atoms with Crippen molar-refractivity contribution in [1.82, 2.24) is 4.57 Å². The third kappa shape index (κ3) is 8.85. The van der Waals surface area contributed by atoms with Crippen LogP contribution < -0.4 is 0 Å². The molecule has 0 aromatic heterocycles. The highest BCUT2D eigenvalue weighted by atomic mass is 28.5. The van der Waals surface area contributed by atoms with Crippen LogP contribution in [0.25, 0.3) is 0 Å². The minimum absolute atomic E-state index is 0.535. The van der Waals surface area contributed by atoms with Crippen LogP contribution in [0.1, 0.15) is 0 Å². The summed E-state index contributed by atoms with van der Waals surface area (Å²) in [6.45, 7) is 10.9. The van der Waals surface area contributed by atoms with Gasteiger partial charge in [0.2, 0.25) is 9.92 Å². The Morgan fingerprint density at radius 2 is 1.46 bits per heavy atom. The maximum absolute atomic E-state index is 6.04. The van der Waals surface area contributed by atoms with Gasteiger partial charge in [-0.3, -0.25) is 0 Å². The predicted molar refractivity (Wildman–Crippen MR) is 65.2 cm³/mol. The van der Waals surface area contributed by atoms with Gasteiger partial charge in [0.25, 0.3) is 0 Å². The SMILES string of the molecule is CN(C)[SiH2]O[Si](C)(C)O[Si](C)(C)C. The maximum atomic E-state index is 6.04. The molecule has 0 N–H and O–H groups in total. The molecule has 0 unspecified atom stereocenters. The molecular weight excluding hydrogens is 214 g/mol. The van der Waals surface area contributed by atoms with Crippen LogP contribution in [0.4, 0.5) is 0 Å². The molecule has 0 rings (SSSR count). The van der Waals surface area contributed by atoms with E-state index >= 15 is 0 Å². The number of hydrogen-bond donors (Lipinski definition) is 0. The summed E-state index contributed by atoms with van der Waals surface area (Å²) in [7, 11) is 0.343. The number of hydrogen-bond acceptors (Lipinski definition) is 3. The van der Waals surface area contributed by atoms with E-state index in [1.54, 1.807) is 0 Å². The lowest BCUT2D eigenvalue weighted by Gasteiger charge is -2.31. The van der Waals surface area contributed by atoms with E-state index in [1.807, 2.05) is 0 Å². The molecule has 0 bridgehead atoms. The molecule has 13 heavy (non-hydrogen) atoms. The van der Waals surface area contributed by atoms with Crippen molar-refractivity contribution in [2.75, 3.05) is 14.1 Å². The van der Waals surface area contributed by atoms with Gasteiger partial charge in [0, 0.05) is 0 Å². The van der Waals surface area contributed by atoms with Crippen LogP contribution >= 0.6 is 0 Å². The summed E-state index contributed by atoms with van der Waals surface area (Å²) in [5, 5.41) is 0. The molecule has 0 heterocycles. The Morgan fingerprint density at radius 1 is 1.00 bits per heavy atom. The summed E-state index contributed by atoms with van der Waals surface area (Å²) in [6.07, 6.45) is 0.